The molecule has 0 aromatic heterocycles. The Bertz CT molecular complexity index is 656. The largest absolute Gasteiger partial charge is 0.465 e. The molecule has 0 saturated carbocycles. The van der Waals surface area contributed by atoms with Crippen molar-refractivity contribution in [2.45, 2.75) is 6.92 Å². The summed E-state index contributed by atoms with van der Waals surface area (Å²) < 4.78 is 4.76. The fraction of sp³-hybridized carbons (Fsp3) is 0.133. The molecule has 2 aromatic carbocycles. The topological polar surface area (TPSA) is 64.3 Å². The van der Waals surface area contributed by atoms with E-state index >= 15 is 0 Å². The van der Waals surface area contributed by atoms with Crippen LogP contribution >= 0.6 is 11.6 Å². The van der Waals surface area contributed by atoms with Crippen molar-refractivity contribution in [1.82, 2.24) is 0 Å². The van der Waals surface area contributed by atoms with Gasteiger partial charge < -0.3 is 15.8 Å². The Kier molecular flexibility index (Phi) is 4.15. The number of hydrogen-bond acceptors (Lipinski definition) is 4. The number of rotatable bonds is 3. The van der Waals surface area contributed by atoms with Crippen LogP contribution in [0.25, 0.3) is 0 Å². The van der Waals surface area contributed by atoms with Crippen LogP contribution in [0.3, 0.4) is 0 Å². The highest BCUT2D eigenvalue weighted by Gasteiger charge is 2.13. The average molecular weight is 291 g/mol. The summed E-state index contributed by atoms with van der Waals surface area (Å²) in [6.07, 6.45) is 0. The van der Waals surface area contributed by atoms with Crippen molar-refractivity contribution < 1.29 is 9.53 Å². The van der Waals surface area contributed by atoms with Crippen molar-refractivity contribution in [2.24, 2.45) is 0 Å². The number of carbonyl (C=O) groups is 1. The number of hydrogen-bond donors (Lipinski definition) is 2. The fourth-order valence-corrected chi connectivity index (χ4v) is 2.09. The molecule has 0 bridgehead atoms. The van der Waals surface area contributed by atoms with Gasteiger partial charge in [-0.1, -0.05) is 11.6 Å². The van der Waals surface area contributed by atoms with E-state index in [1.54, 1.807) is 24.3 Å². The van der Waals surface area contributed by atoms with Crippen LogP contribution in [0.4, 0.5) is 17.1 Å². The standard InChI is InChI=1S/C15H15ClN2O2/c1-9-7-10(16)3-5-13(9)18-14-6-4-11(17)8-12(14)15(19)20-2/h3-8,18H,17H2,1-2H3. The fourth-order valence-electron chi connectivity index (χ4n) is 1.86. The summed E-state index contributed by atoms with van der Waals surface area (Å²) >= 11 is 5.93. The minimum Gasteiger partial charge on any atom is -0.465 e. The molecular formula is C15H15ClN2O2. The van der Waals surface area contributed by atoms with Crippen molar-refractivity contribution in [2.75, 3.05) is 18.2 Å². The molecular weight excluding hydrogens is 276 g/mol. The van der Waals surface area contributed by atoms with Gasteiger partial charge in [0.05, 0.1) is 18.4 Å². The number of ether oxygens (including phenoxy) is 1. The van der Waals surface area contributed by atoms with Crippen molar-refractivity contribution in [3.63, 3.8) is 0 Å². The van der Waals surface area contributed by atoms with Gasteiger partial charge in [-0.25, -0.2) is 4.79 Å². The Hall–Kier alpha value is -2.20. The Morgan fingerprint density at radius 3 is 2.55 bits per heavy atom. The summed E-state index contributed by atoms with van der Waals surface area (Å²) in [5.41, 5.74) is 9.08. The second kappa shape index (κ2) is 5.84. The molecule has 0 atom stereocenters. The third kappa shape index (κ3) is 3.03. The predicted octanol–water partition coefficient (Wildman–Crippen LogP) is 3.76. The van der Waals surface area contributed by atoms with Crippen molar-refractivity contribution in [3.05, 3.63) is 52.5 Å². The van der Waals surface area contributed by atoms with Crippen molar-refractivity contribution >= 4 is 34.6 Å². The summed E-state index contributed by atoms with van der Waals surface area (Å²) in [6.45, 7) is 1.93. The predicted molar refractivity (Wildman–Crippen MR) is 81.7 cm³/mol. The molecule has 2 rings (SSSR count). The van der Waals surface area contributed by atoms with Crippen LogP contribution in [0.2, 0.25) is 5.02 Å². The quantitative estimate of drug-likeness (QED) is 0.667. The number of esters is 1. The van der Waals surface area contributed by atoms with Gasteiger partial charge in [0.15, 0.2) is 0 Å². The summed E-state index contributed by atoms with van der Waals surface area (Å²) in [5.74, 6) is -0.439. The van der Waals surface area contributed by atoms with Crippen LogP contribution in [0, 0.1) is 6.92 Å². The number of nitrogens with one attached hydrogen (secondary N) is 1. The Morgan fingerprint density at radius 2 is 1.90 bits per heavy atom. The zero-order valence-electron chi connectivity index (χ0n) is 11.2. The first-order valence-corrected chi connectivity index (χ1v) is 6.40. The number of benzene rings is 2. The highest BCUT2D eigenvalue weighted by atomic mass is 35.5. The lowest BCUT2D eigenvalue weighted by Gasteiger charge is -2.13. The maximum absolute atomic E-state index is 11.8. The van der Waals surface area contributed by atoms with Crippen LogP contribution in [0.1, 0.15) is 15.9 Å². The number of halogens is 1. The van der Waals surface area contributed by atoms with Gasteiger partial charge in [0, 0.05) is 16.4 Å². The lowest BCUT2D eigenvalue weighted by molar-refractivity contribution is 0.0602. The van der Waals surface area contributed by atoms with E-state index in [2.05, 4.69) is 5.32 Å². The van der Waals surface area contributed by atoms with E-state index in [9.17, 15) is 4.79 Å². The summed E-state index contributed by atoms with van der Waals surface area (Å²) in [5, 5.41) is 3.86. The minimum absolute atomic E-state index is 0.391. The molecule has 0 aliphatic carbocycles. The van der Waals surface area contributed by atoms with Gasteiger partial charge >= 0.3 is 5.97 Å². The number of nitrogens with two attached hydrogens (primary N) is 1. The van der Waals surface area contributed by atoms with Crippen molar-refractivity contribution in [1.29, 1.82) is 0 Å². The van der Waals surface area contributed by atoms with E-state index in [-0.39, 0.29) is 0 Å². The summed E-state index contributed by atoms with van der Waals surface area (Å²) in [6, 6.07) is 10.5. The lowest BCUT2D eigenvalue weighted by atomic mass is 10.1. The van der Waals surface area contributed by atoms with Gasteiger partial charge in [0.2, 0.25) is 0 Å². The smallest absolute Gasteiger partial charge is 0.340 e. The molecule has 0 heterocycles. The Labute approximate surface area is 122 Å². The molecule has 0 fully saturated rings. The maximum Gasteiger partial charge on any atom is 0.340 e. The van der Waals surface area contributed by atoms with Crippen LogP contribution in [-0.4, -0.2) is 13.1 Å². The van der Waals surface area contributed by atoms with Gasteiger partial charge in [-0.15, -0.1) is 0 Å². The number of carbonyl (C=O) groups excluding carboxylic acids is 1. The molecule has 20 heavy (non-hydrogen) atoms. The lowest BCUT2D eigenvalue weighted by Crippen LogP contribution is -2.07. The average Bonchev–Trinajstić information content (AvgIpc) is 2.42. The summed E-state index contributed by atoms with van der Waals surface area (Å²) in [7, 11) is 1.34. The molecule has 0 amide bonds. The molecule has 5 heteroatoms. The number of methoxy groups -OCH3 is 1. The third-order valence-corrected chi connectivity index (χ3v) is 3.14. The molecule has 0 aliphatic rings. The van der Waals surface area contributed by atoms with E-state index in [1.165, 1.54) is 7.11 Å². The molecule has 2 aromatic rings. The van der Waals surface area contributed by atoms with E-state index in [0.717, 1.165) is 11.3 Å². The maximum atomic E-state index is 11.8. The van der Waals surface area contributed by atoms with Gasteiger partial charge in [-0.2, -0.15) is 0 Å². The molecule has 3 N–H and O–H groups in total. The summed E-state index contributed by atoms with van der Waals surface area (Å²) in [4.78, 5) is 11.8. The molecule has 0 spiro atoms. The van der Waals surface area contributed by atoms with E-state index in [1.807, 2.05) is 19.1 Å². The first-order valence-electron chi connectivity index (χ1n) is 6.02. The normalized spacial score (nSPS) is 10.2. The van der Waals surface area contributed by atoms with Gasteiger partial charge in [0.25, 0.3) is 0 Å². The van der Waals surface area contributed by atoms with E-state index in [4.69, 9.17) is 22.1 Å². The van der Waals surface area contributed by atoms with Crippen LogP contribution < -0.4 is 11.1 Å². The third-order valence-electron chi connectivity index (χ3n) is 2.91. The second-order valence-electron chi connectivity index (χ2n) is 4.38. The monoisotopic (exact) mass is 290 g/mol. The van der Waals surface area contributed by atoms with Crippen LogP contribution in [-0.2, 0) is 4.74 Å². The van der Waals surface area contributed by atoms with Gasteiger partial charge in [-0.3, -0.25) is 0 Å². The number of nitrogen functional groups attached to an aromatic ring is 1. The first kappa shape index (κ1) is 14.2. The zero-order valence-corrected chi connectivity index (χ0v) is 12.0. The first-order chi connectivity index (χ1) is 9.51. The van der Waals surface area contributed by atoms with Crippen LogP contribution in [0.5, 0.6) is 0 Å². The minimum atomic E-state index is -0.439. The number of aryl methyl sites for hydroxylation is 1. The Morgan fingerprint density at radius 1 is 1.20 bits per heavy atom. The van der Waals surface area contributed by atoms with Gasteiger partial charge in [-0.05, 0) is 48.9 Å². The molecule has 0 aliphatic heterocycles. The van der Waals surface area contributed by atoms with Crippen molar-refractivity contribution in [3.8, 4) is 0 Å². The molecule has 4 nitrogen and oxygen atoms in total. The van der Waals surface area contributed by atoms with E-state index < -0.39 is 5.97 Å². The second-order valence-corrected chi connectivity index (χ2v) is 4.82. The molecule has 0 radical (unpaired) electrons. The SMILES string of the molecule is COC(=O)c1cc(N)ccc1Nc1ccc(Cl)cc1C. The highest BCUT2D eigenvalue weighted by Crippen LogP contribution is 2.27. The molecule has 0 saturated heterocycles. The number of anilines is 3. The zero-order chi connectivity index (χ0) is 14.7. The van der Waals surface area contributed by atoms with Gasteiger partial charge in [0.1, 0.15) is 0 Å². The molecule has 0 unspecified atom stereocenters. The Balaban J connectivity index is 2.40. The highest BCUT2D eigenvalue weighted by molar-refractivity contribution is 6.30. The van der Waals surface area contributed by atoms with Crippen LogP contribution in [0.15, 0.2) is 36.4 Å². The van der Waals surface area contributed by atoms with E-state index in [0.29, 0.717) is 22.0 Å². The molecule has 104 valence electrons.